The molecule has 1 N–H and O–H groups in total. The summed E-state index contributed by atoms with van der Waals surface area (Å²) in [4.78, 5) is 12.6. The Hall–Kier alpha value is -3.11. The highest BCUT2D eigenvalue weighted by Crippen LogP contribution is 2.30. The quantitative estimate of drug-likeness (QED) is 0.605. The van der Waals surface area contributed by atoms with Crippen molar-refractivity contribution in [2.45, 2.75) is 43.3 Å². The molecule has 1 fully saturated rings. The molecule has 1 amide bonds. The fraction of sp³-hybridized carbons (Fsp3) is 0.304. The van der Waals surface area contributed by atoms with Gasteiger partial charge in [0.05, 0.1) is 11.8 Å². The van der Waals surface area contributed by atoms with Gasteiger partial charge in [0, 0.05) is 11.3 Å². The van der Waals surface area contributed by atoms with Crippen molar-refractivity contribution >= 4 is 17.7 Å². The highest BCUT2D eigenvalue weighted by atomic mass is 32.2. The van der Waals surface area contributed by atoms with Crippen molar-refractivity contribution in [3.63, 3.8) is 0 Å². The van der Waals surface area contributed by atoms with Gasteiger partial charge < -0.3 is 5.32 Å². The Morgan fingerprint density at radius 2 is 1.83 bits per heavy atom. The Bertz CT molecular complexity index is 1060. The van der Waals surface area contributed by atoms with Crippen LogP contribution in [-0.4, -0.2) is 32.0 Å². The lowest BCUT2D eigenvalue weighted by Crippen LogP contribution is -2.45. The lowest BCUT2D eigenvalue weighted by Gasteiger charge is -2.21. The first-order valence-electron chi connectivity index (χ1n) is 10.0. The van der Waals surface area contributed by atoms with Gasteiger partial charge in [0.2, 0.25) is 5.91 Å². The SMILES string of the molecule is Cc1ccc(-n2c(SCC(=O)NC3(C#N)CCCC3)nnc2-c2ccccc2)cc1. The van der Waals surface area contributed by atoms with Crippen LogP contribution in [0.25, 0.3) is 17.1 Å². The van der Waals surface area contributed by atoms with Gasteiger partial charge in [-0.25, -0.2) is 0 Å². The molecule has 7 heteroatoms. The Balaban J connectivity index is 1.59. The molecule has 0 atom stereocenters. The van der Waals surface area contributed by atoms with Crippen molar-refractivity contribution in [3.05, 3.63) is 60.2 Å². The number of nitrogens with zero attached hydrogens (tertiary/aromatic N) is 4. The van der Waals surface area contributed by atoms with Crippen LogP contribution in [0.4, 0.5) is 0 Å². The zero-order chi connectivity index (χ0) is 21.0. The van der Waals surface area contributed by atoms with Gasteiger partial charge in [0.25, 0.3) is 0 Å². The van der Waals surface area contributed by atoms with Gasteiger partial charge in [-0.3, -0.25) is 9.36 Å². The number of amides is 1. The standard InChI is InChI=1S/C23H23N5OS/c1-17-9-11-19(12-10-17)28-21(18-7-3-2-4-8-18)26-27-22(28)30-15-20(29)25-23(16-24)13-5-6-14-23/h2-4,7-12H,5-6,13-15H2,1H3,(H,25,29). The Morgan fingerprint density at radius 1 is 1.13 bits per heavy atom. The van der Waals surface area contributed by atoms with Crippen molar-refractivity contribution < 1.29 is 4.79 Å². The zero-order valence-corrected chi connectivity index (χ0v) is 17.7. The van der Waals surface area contributed by atoms with E-state index in [0.717, 1.165) is 42.8 Å². The molecule has 1 aliphatic carbocycles. The van der Waals surface area contributed by atoms with Crippen LogP contribution in [0.1, 0.15) is 31.2 Å². The monoisotopic (exact) mass is 417 g/mol. The highest BCUT2D eigenvalue weighted by molar-refractivity contribution is 7.99. The predicted octanol–water partition coefficient (Wildman–Crippen LogP) is 4.29. The summed E-state index contributed by atoms with van der Waals surface area (Å²) in [5.41, 5.74) is 2.35. The fourth-order valence-corrected chi connectivity index (χ4v) is 4.49. The summed E-state index contributed by atoms with van der Waals surface area (Å²) in [6.45, 7) is 2.04. The van der Waals surface area contributed by atoms with Gasteiger partial charge in [-0.15, -0.1) is 10.2 Å². The molecule has 0 saturated heterocycles. The number of carbonyl (C=O) groups excluding carboxylic acids is 1. The van der Waals surface area contributed by atoms with E-state index in [4.69, 9.17) is 0 Å². The van der Waals surface area contributed by atoms with Crippen LogP contribution in [0.2, 0.25) is 0 Å². The molecule has 3 aromatic rings. The molecule has 2 aromatic carbocycles. The number of nitrogens with one attached hydrogen (secondary N) is 1. The Labute approximate surface area is 180 Å². The average Bonchev–Trinajstić information content (AvgIpc) is 3.41. The zero-order valence-electron chi connectivity index (χ0n) is 16.8. The van der Waals surface area contributed by atoms with Gasteiger partial charge in [0.1, 0.15) is 5.54 Å². The highest BCUT2D eigenvalue weighted by Gasteiger charge is 2.35. The molecule has 1 saturated carbocycles. The van der Waals surface area contributed by atoms with E-state index in [1.54, 1.807) is 0 Å². The molecule has 1 aliphatic rings. The number of aryl methyl sites for hydroxylation is 1. The molecule has 0 aliphatic heterocycles. The summed E-state index contributed by atoms with van der Waals surface area (Å²) in [6.07, 6.45) is 3.39. The molecule has 4 rings (SSSR count). The number of thioether (sulfide) groups is 1. The lowest BCUT2D eigenvalue weighted by molar-refractivity contribution is -0.119. The first-order valence-corrected chi connectivity index (χ1v) is 11.0. The van der Waals surface area contributed by atoms with E-state index < -0.39 is 5.54 Å². The molecule has 0 spiro atoms. The van der Waals surface area contributed by atoms with Crippen molar-refractivity contribution in [2.75, 3.05) is 5.75 Å². The maximum atomic E-state index is 12.6. The number of hydrogen-bond donors (Lipinski definition) is 1. The minimum absolute atomic E-state index is 0.150. The molecule has 152 valence electrons. The van der Waals surface area contributed by atoms with E-state index in [9.17, 15) is 10.1 Å². The van der Waals surface area contributed by atoms with Crippen molar-refractivity contribution in [1.82, 2.24) is 20.1 Å². The van der Waals surface area contributed by atoms with Crippen LogP contribution in [0, 0.1) is 18.3 Å². The molecule has 0 radical (unpaired) electrons. The van der Waals surface area contributed by atoms with Crippen molar-refractivity contribution in [1.29, 1.82) is 5.26 Å². The number of aromatic nitrogens is 3. The van der Waals surface area contributed by atoms with Crippen molar-refractivity contribution in [2.24, 2.45) is 0 Å². The number of carbonyl (C=O) groups is 1. The number of hydrogen-bond acceptors (Lipinski definition) is 5. The minimum atomic E-state index is -0.711. The third kappa shape index (κ3) is 4.24. The molecule has 0 unspecified atom stereocenters. The van der Waals surface area contributed by atoms with Crippen LogP contribution in [-0.2, 0) is 4.79 Å². The predicted molar refractivity (Wildman–Crippen MR) is 117 cm³/mol. The lowest BCUT2D eigenvalue weighted by atomic mass is 10.0. The molecule has 30 heavy (non-hydrogen) atoms. The van der Waals surface area contributed by atoms with Gasteiger partial charge in [-0.2, -0.15) is 5.26 Å². The van der Waals surface area contributed by atoms with Gasteiger partial charge >= 0.3 is 0 Å². The summed E-state index contributed by atoms with van der Waals surface area (Å²) in [5.74, 6) is 0.761. The summed E-state index contributed by atoms with van der Waals surface area (Å²) in [5, 5.41) is 21.8. The first-order chi connectivity index (χ1) is 14.6. The van der Waals surface area contributed by atoms with Crippen LogP contribution >= 0.6 is 11.8 Å². The van der Waals surface area contributed by atoms with Gasteiger partial charge in [-0.05, 0) is 44.7 Å². The summed E-state index contributed by atoms with van der Waals surface area (Å²) < 4.78 is 1.97. The van der Waals surface area contributed by atoms with E-state index in [1.807, 2.05) is 66.1 Å². The third-order valence-electron chi connectivity index (χ3n) is 5.34. The molecule has 1 heterocycles. The van der Waals surface area contributed by atoms with E-state index >= 15 is 0 Å². The van der Waals surface area contributed by atoms with Crippen LogP contribution in [0.3, 0.4) is 0 Å². The second kappa shape index (κ2) is 8.72. The smallest absolute Gasteiger partial charge is 0.231 e. The van der Waals surface area contributed by atoms with E-state index in [-0.39, 0.29) is 11.7 Å². The second-order valence-corrected chi connectivity index (χ2v) is 8.52. The maximum absolute atomic E-state index is 12.6. The minimum Gasteiger partial charge on any atom is -0.337 e. The number of benzene rings is 2. The van der Waals surface area contributed by atoms with Crippen molar-refractivity contribution in [3.8, 4) is 23.1 Å². The van der Waals surface area contributed by atoms with E-state index in [0.29, 0.717) is 5.16 Å². The third-order valence-corrected chi connectivity index (χ3v) is 6.27. The van der Waals surface area contributed by atoms with Crippen LogP contribution < -0.4 is 5.32 Å². The Kier molecular flexibility index (Phi) is 5.86. The maximum Gasteiger partial charge on any atom is 0.231 e. The average molecular weight is 418 g/mol. The summed E-state index contributed by atoms with van der Waals surface area (Å²) in [6, 6.07) is 20.3. The normalized spacial score (nSPS) is 14.9. The largest absolute Gasteiger partial charge is 0.337 e. The molecular weight excluding hydrogens is 394 g/mol. The fourth-order valence-electron chi connectivity index (χ4n) is 3.74. The molecular formula is C23H23N5OS. The molecule has 0 bridgehead atoms. The topological polar surface area (TPSA) is 83.6 Å². The van der Waals surface area contributed by atoms with Crippen LogP contribution in [0.5, 0.6) is 0 Å². The summed E-state index contributed by atoms with van der Waals surface area (Å²) in [7, 11) is 0. The van der Waals surface area contributed by atoms with Gasteiger partial charge in [0.15, 0.2) is 11.0 Å². The van der Waals surface area contributed by atoms with Crippen LogP contribution in [0.15, 0.2) is 59.8 Å². The number of nitriles is 1. The Morgan fingerprint density at radius 3 is 2.50 bits per heavy atom. The summed E-state index contributed by atoms with van der Waals surface area (Å²) >= 11 is 1.33. The van der Waals surface area contributed by atoms with Gasteiger partial charge in [-0.1, -0.05) is 59.8 Å². The second-order valence-electron chi connectivity index (χ2n) is 7.58. The molecule has 6 nitrogen and oxygen atoms in total. The number of rotatable bonds is 6. The molecule has 1 aromatic heterocycles. The first kappa shape index (κ1) is 20.2. The van der Waals surface area contributed by atoms with E-state index in [2.05, 4.69) is 21.6 Å². The van der Waals surface area contributed by atoms with E-state index in [1.165, 1.54) is 17.3 Å².